The van der Waals surface area contributed by atoms with Crippen LogP contribution in [0.3, 0.4) is 0 Å². The van der Waals surface area contributed by atoms with E-state index in [0.717, 1.165) is 24.0 Å². The summed E-state index contributed by atoms with van der Waals surface area (Å²) in [6.07, 6.45) is 0.882. The predicted octanol–water partition coefficient (Wildman–Crippen LogP) is 4.18. The molecule has 2 aromatic rings. The van der Waals surface area contributed by atoms with Crippen LogP contribution in [0.1, 0.15) is 31.9 Å². The Labute approximate surface area is 154 Å². The van der Waals surface area contributed by atoms with Gasteiger partial charge in [-0.05, 0) is 55.2 Å². The van der Waals surface area contributed by atoms with Crippen molar-refractivity contribution >= 4 is 27.5 Å². The van der Waals surface area contributed by atoms with E-state index in [-0.39, 0.29) is 11.5 Å². The van der Waals surface area contributed by atoms with Crippen molar-refractivity contribution in [3.63, 3.8) is 0 Å². The van der Waals surface area contributed by atoms with Gasteiger partial charge in [-0.3, -0.25) is 10.0 Å². The summed E-state index contributed by atoms with van der Waals surface area (Å²) in [5.74, 6) is 0. The predicted molar refractivity (Wildman–Crippen MR) is 103 cm³/mol. The fourth-order valence-electron chi connectivity index (χ4n) is 2.57. The quantitative estimate of drug-likeness (QED) is 0.759. The van der Waals surface area contributed by atoms with Crippen molar-refractivity contribution in [2.75, 3.05) is 16.6 Å². The number of aryl methyl sites for hydroxylation is 2. The number of carbonyl (C=O) groups is 1. The molecule has 0 aliphatic heterocycles. The highest BCUT2D eigenvalue weighted by molar-refractivity contribution is 7.92. The lowest BCUT2D eigenvalue weighted by atomic mass is 10.0. The van der Waals surface area contributed by atoms with Crippen molar-refractivity contribution in [3.8, 4) is 0 Å². The van der Waals surface area contributed by atoms with E-state index in [1.54, 1.807) is 6.92 Å². The smallest absolute Gasteiger partial charge is 0.411 e. The summed E-state index contributed by atoms with van der Waals surface area (Å²) in [6.45, 7) is 5.95. The van der Waals surface area contributed by atoms with E-state index in [1.807, 2.05) is 32.0 Å². The third-order valence-corrected chi connectivity index (χ3v) is 5.29. The highest BCUT2D eigenvalue weighted by Crippen LogP contribution is 2.26. The molecule has 0 heterocycles. The highest BCUT2D eigenvalue weighted by atomic mass is 32.2. The Balaban J connectivity index is 2.25. The SMILES string of the molecule is CCOC(=O)Nc1ccc(S(=O)(=O)Nc2c(CC)cccc2CC)cc1. The fraction of sp³-hybridized carbons (Fsp3) is 0.316. The van der Waals surface area contributed by atoms with Gasteiger partial charge in [0.05, 0.1) is 17.2 Å². The second kappa shape index (κ2) is 8.71. The van der Waals surface area contributed by atoms with E-state index < -0.39 is 16.1 Å². The summed E-state index contributed by atoms with van der Waals surface area (Å²) in [6, 6.07) is 11.7. The molecule has 0 saturated heterocycles. The van der Waals surface area contributed by atoms with Crippen LogP contribution in [0, 0.1) is 0 Å². The average molecular weight is 376 g/mol. The van der Waals surface area contributed by atoms with Crippen LogP contribution >= 0.6 is 0 Å². The lowest BCUT2D eigenvalue weighted by molar-refractivity contribution is 0.168. The summed E-state index contributed by atoms with van der Waals surface area (Å²) in [7, 11) is -3.73. The van der Waals surface area contributed by atoms with Gasteiger partial charge in [0.2, 0.25) is 0 Å². The third-order valence-electron chi connectivity index (χ3n) is 3.92. The maximum Gasteiger partial charge on any atom is 0.411 e. The topological polar surface area (TPSA) is 84.5 Å². The zero-order valence-electron chi connectivity index (χ0n) is 15.2. The third kappa shape index (κ3) is 4.76. The molecule has 26 heavy (non-hydrogen) atoms. The van der Waals surface area contributed by atoms with Crippen LogP contribution in [0.2, 0.25) is 0 Å². The normalized spacial score (nSPS) is 11.0. The van der Waals surface area contributed by atoms with Gasteiger partial charge in [-0.15, -0.1) is 0 Å². The Morgan fingerprint density at radius 3 is 2.04 bits per heavy atom. The molecule has 0 aliphatic rings. The minimum Gasteiger partial charge on any atom is -0.450 e. The van der Waals surface area contributed by atoms with Gasteiger partial charge in [-0.2, -0.15) is 0 Å². The zero-order chi connectivity index (χ0) is 19.2. The number of rotatable bonds is 7. The molecule has 0 unspecified atom stereocenters. The molecule has 1 amide bonds. The van der Waals surface area contributed by atoms with E-state index >= 15 is 0 Å². The lowest BCUT2D eigenvalue weighted by Gasteiger charge is -2.16. The first-order chi connectivity index (χ1) is 12.4. The molecule has 0 fully saturated rings. The van der Waals surface area contributed by atoms with Gasteiger partial charge in [0, 0.05) is 5.69 Å². The molecule has 6 nitrogen and oxygen atoms in total. The summed E-state index contributed by atoms with van der Waals surface area (Å²) in [5.41, 5.74) is 3.01. The van der Waals surface area contributed by atoms with Crippen molar-refractivity contribution < 1.29 is 17.9 Å². The highest BCUT2D eigenvalue weighted by Gasteiger charge is 2.18. The molecule has 0 aliphatic carbocycles. The number of carbonyl (C=O) groups excluding carboxylic acids is 1. The molecule has 140 valence electrons. The Kier molecular flexibility index (Phi) is 6.63. The number of sulfonamides is 1. The van der Waals surface area contributed by atoms with E-state index in [2.05, 4.69) is 10.0 Å². The van der Waals surface area contributed by atoms with Gasteiger partial charge in [0.1, 0.15) is 0 Å². The summed E-state index contributed by atoms with van der Waals surface area (Å²) >= 11 is 0. The van der Waals surface area contributed by atoms with Crippen LogP contribution in [0.4, 0.5) is 16.2 Å². The zero-order valence-corrected chi connectivity index (χ0v) is 16.0. The van der Waals surface area contributed by atoms with Crippen LogP contribution in [-0.4, -0.2) is 21.1 Å². The molecule has 0 bridgehead atoms. The maximum atomic E-state index is 12.8. The van der Waals surface area contributed by atoms with Crippen LogP contribution in [0.5, 0.6) is 0 Å². The molecule has 7 heteroatoms. The summed E-state index contributed by atoms with van der Waals surface area (Å²) < 4.78 is 33.0. The van der Waals surface area contributed by atoms with E-state index in [9.17, 15) is 13.2 Å². The molecule has 0 saturated carbocycles. The first-order valence-electron chi connectivity index (χ1n) is 8.58. The van der Waals surface area contributed by atoms with Gasteiger partial charge in [-0.1, -0.05) is 32.0 Å². The van der Waals surface area contributed by atoms with Crippen molar-refractivity contribution in [3.05, 3.63) is 53.6 Å². The van der Waals surface area contributed by atoms with Crippen molar-refractivity contribution in [1.82, 2.24) is 0 Å². The Bertz CT molecular complexity index is 839. The number of hydrogen-bond acceptors (Lipinski definition) is 4. The molecule has 2 N–H and O–H groups in total. The number of hydrogen-bond donors (Lipinski definition) is 2. The van der Waals surface area contributed by atoms with Crippen molar-refractivity contribution in [2.45, 2.75) is 38.5 Å². The molecule has 2 rings (SSSR count). The van der Waals surface area contributed by atoms with E-state index in [1.165, 1.54) is 24.3 Å². The van der Waals surface area contributed by atoms with Gasteiger partial charge >= 0.3 is 6.09 Å². The summed E-state index contributed by atoms with van der Waals surface area (Å²) in [4.78, 5) is 11.5. The average Bonchev–Trinajstić information content (AvgIpc) is 2.62. The second-order valence-corrected chi connectivity index (χ2v) is 7.32. The molecule has 0 radical (unpaired) electrons. The largest absolute Gasteiger partial charge is 0.450 e. The summed E-state index contributed by atoms with van der Waals surface area (Å²) in [5, 5.41) is 2.53. The van der Waals surface area contributed by atoms with Crippen LogP contribution < -0.4 is 10.0 Å². The standard InChI is InChI=1S/C19H24N2O4S/c1-4-14-8-7-9-15(5-2)18(14)21-26(23,24)17-12-10-16(11-13-17)20-19(22)25-6-3/h7-13,21H,4-6H2,1-3H3,(H,20,22). The number of anilines is 2. The van der Waals surface area contributed by atoms with Crippen LogP contribution in [0.15, 0.2) is 47.4 Å². The Hall–Kier alpha value is -2.54. The molecule has 0 atom stereocenters. The van der Waals surface area contributed by atoms with Gasteiger partial charge in [-0.25, -0.2) is 13.2 Å². The molecule has 2 aromatic carbocycles. The van der Waals surface area contributed by atoms with Gasteiger partial charge in [0.15, 0.2) is 0 Å². The van der Waals surface area contributed by atoms with Crippen molar-refractivity contribution in [2.24, 2.45) is 0 Å². The number of nitrogens with one attached hydrogen (secondary N) is 2. The molecule has 0 aromatic heterocycles. The molecular formula is C19H24N2O4S. The first-order valence-corrected chi connectivity index (χ1v) is 10.1. The van der Waals surface area contributed by atoms with Crippen LogP contribution in [-0.2, 0) is 27.6 Å². The monoisotopic (exact) mass is 376 g/mol. The maximum absolute atomic E-state index is 12.8. The first kappa shape index (κ1) is 19.8. The minimum atomic E-state index is -3.73. The van der Waals surface area contributed by atoms with Crippen molar-refractivity contribution in [1.29, 1.82) is 0 Å². The Morgan fingerprint density at radius 2 is 1.54 bits per heavy atom. The number of amides is 1. The van der Waals surface area contributed by atoms with E-state index in [4.69, 9.17) is 4.74 Å². The van der Waals surface area contributed by atoms with Gasteiger partial charge < -0.3 is 4.74 Å². The number of ether oxygens (including phenoxy) is 1. The van der Waals surface area contributed by atoms with Crippen LogP contribution in [0.25, 0.3) is 0 Å². The molecular weight excluding hydrogens is 352 g/mol. The lowest BCUT2D eigenvalue weighted by Crippen LogP contribution is -2.16. The molecule has 0 spiro atoms. The number of para-hydroxylation sites is 1. The van der Waals surface area contributed by atoms with Gasteiger partial charge in [0.25, 0.3) is 10.0 Å². The minimum absolute atomic E-state index is 0.125. The fourth-order valence-corrected chi connectivity index (χ4v) is 3.71. The second-order valence-electron chi connectivity index (χ2n) is 5.63. The number of benzene rings is 2. The Morgan fingerprint density at radius 1 is 0.962 bits per heavy atom. The van der Waals surface area contributed by atoms with E-state index in [0.29, 0.717) is 11.4 Å².